The Hall–Kier alpha value is -3.39. The second-order valence-electron chi connectivity index (χ2n) is 9.25. The normalized spacial score (nSPS) is 23.3. The van der Waals surface area contributed by atoms with Crippen molar-refractivity contribution < 1.29 is 27.5 Å². The number of methoxy groups -OCH3 is 1. The van der Waals surface area contributed by atoms with E-state index in [1.54, 1.807) is 24.3 Å². The number of fused-ring (bicyclic) bond motifs is 1. The number of nitrogens with zero attached hydrogens (tertiary/aromatic N) is 2. The van der Waals surface area contributed by atoms with Crippen molar-refractivity contribution in [2.75, 3.05) is 19.9 Å². The van der Waals surface area contributed by atoms with Gasteiger partial charge in [0.2, 0.25) is 5.91 Å². The SMILES string of the molecule is COc1cccc2[nH]c(C(=O)N3CC(S(C)(=O)=O)CC3C(=O)NC(C#N)CC3CCCC3=O)cc12. The van der Waals surface area contributed by atoms with Gasteiger partial charge in [-0.15, -0.1) is 0 Å². The minimum absolute atomic E-state index is 0.0690. The molecule has 4 atom stereocenters. The molecule has 10 nitrogen and oxygen atoms in total. The summed E-state index contributed by atoms with van der Waals surface area (Å²) in [4.78, 5) is 42.9. The molecule has 4 rings (SSSR count). The van der Waals surface area contributed by atoms with E-state index in [0.717, 1.165) is 12.7 Å². The number of rotatable bonds is 7. The molecule has 1 aromatic heterocycles. The van der Waals surface area contributed by atoms with Crippen molar-refractivity contribution in [3.05, 3.63) is 30.0 Å². The number of ketones is 1. The number of nitrogens with one attached hydrogen (secondary N) is 2. The third-order valence-corrected chi connectivity index (χ3v) is 8.48. The number of Topliss-reactive ketones (excluding diaryl/α,β-unsaturated/α-hetero) is 1. The van der Waals surface area contributed by atoms with Crippen LogP contribution in [0.4, 0.5) is 0 Å². The summed E-state index contributed by atoms with van der Waals surface area (Å²) in [7, 11) is -2.01. The summed E-state index contributed by atoms with van der Waals surface area (Å²) in [5, 5.41) is 12.0. The third-order valence-electron chi connectivity index (χ3n) is 6.93. The number of aromatic nitrogens is 1. The van der Waals surface area contributed by atoms with Crippen LogP contribution in [0.15, 0.2) is 24.3 Å². The maximum atomic E-state index is 13.4. The number of sulfone groups is 1. The Kier molecular flexibility index (Phi) is 6.85. The molecule has 2 amide bonds. The van der Waals surface area contributed by atoms with Crippen LogP contribution < -0.4 is 10.1 Å². The first kappa shape index (κ1) is 24.7. The molecule has 1 aromatic carbocycles. The predicted molar refractivity (Wildman–Crippen MR) is 127 cm³/mol. The maximum Gasteiger partial charge on any atom is 0.271 e. The molecule has 0 spiro atoms. The lowest BCUT2D eigenvalue weighted by Gasteiger charge is -2.25. The molecule has 2 fully saturated rings. The van der Waals surface area contributed by atoms with Gasteiger partial charge in [-0.05, 0) is 43.9 Å². The van der Waals surface area contributed by atoms with Crippen LogP contribution in [0, 0.1) is 17.2 Å². The van der Waals surface area contributed by atoms with Crippen molar-refractivity contribution >= 4 is 38.3 Å². The largest absolute Gasteiger partial charge is 0.496 e. The van der Waals surface area contributed by atoms with Gasteiger partial charge in [-0.2, -0.15) is 5.26 Å². The van der Waals surface area contributed by atoms with E-state index in [1.165, 1.54) is 12.0 Å². The number of likely N-dealkylation sites (tertiary alicyclic amines) is 1. The molecular formula is C24H28N4O6S. The van der Waals surface area contributed by atoms with Gasteiger partial charge < -0.3 is 19.9 Å². The van der Waals surface area contributed by atoms with E-state index in [0.29, 0.717) is 29.5 Å². The molecule has 1 saturated heterocycles. The molecule has 1 aliphatic carbocycles. The topological polar surface area (TPSA) is 149 Å². The number of amides is 2. The average molecular weight is 501 g/mol. The summed E-state index contributed by atoms with van der Waals surface area (Å²) in [5.41, 5.74) is 0.864. The van der Waals surface area contributed by atoms with Gasteiger partial charge in [0.05, 0.1) is 18.4 Å². The molecule has 2 heterocycles. The Morgan fingerprint density at radius 1 is 1.37 bits per heavy atom. The molecule has 1 aliphatic heterocycles. The molecule has 35 heavy (non-hydrogen) atoms. The fourth-order valence-corrected chi connectivity index (χ4v) is 5.95. The highest BCUT2D eigenvalue weighted by Gasteiger charge is 2.44. The van der Waals surface area contributed by atoms with Gasteiger partial charge in [-0.3, -0.25) is 14.4 Å². The number of hydrogen-bond donors (Lipinski definition) is 2. The Morgan fingerprint density at radius 2 is 2.14 bits per heavy atom. The summed E-state index contributed by atoms with van der Waals surface area (Å²) in [6.45, 7) is -0.138. The van der Waals surface area contributed by atoms with E-state index in [2.05, 4.69) is 10.3 Å². The van der Waals surface area contributed by atoms with Crippen molar-refractivity contribution in [1.29, 1.82) is 5.26 Å². The predicted octanol–water partition coefficient (Wildman–Crippen LogP) is 1.57. The Morgan fingerprint density at radius 3 is 2.77 bits per heavy atom. The highest BCUT2D eigenvalue weighted by atomic mass is 32.2. The number of carbonyl (C=O) groups excluding carboxylic acids is 3. The minimum Gasteiger partial charge on any atom is -0.496 e. The van der Waals surface area contributed by atoms with E-state index < -0.39 is 39.0 Å². The van der Waals surface area contributed by atoms with Crippen molar-refractivity contribution in [3.8, 4) is 11.8 Å². The molecule has 2 N–H and O–H groups in total. The molecule has 11 heteroatoms. The molecule has 186 valence electrons. The molecular weight excluding hydrogens is 472 g/mol. The van der Waals surface area contributed by atoms with Crippen LogP contribution in [0.25, 0.3) is 10.9 Å². The van der Waals surface area contributed by atoms with Crippen LogP contribution in [0.2, 0.25) is 0 Å². The van der Waals surface area contributed by atoms with Crippen LogP contribution >= 0.6 is 0 Å². The molecule has 4 unspecified atom stereocenters. The summed E-state index contributed by atoms with van der Waals surface area (Å²) < 4.78 is 29.9. The quantitative estimate of drug-likeness (QED) is 0.586. The molecule has 0 bridgehead atoms. The van der Waals surface area contributed by atoms with Crippen LogP contribution in [-0.4, -0.2) is 73.1 Å². The van der Waals surface area contributed by atoms with E-state index in [-0.39, 0.29) is 36.8 Å². The van der Waals surface area contributed by atoms with Crippen molar-refractivity contribution in [3.63, 3.8) is 0 Å². The highest BCUT2D eigenvalue weighted by molar-refractivity contribution is 7.91. The van der Waals surface area contributed by atoms with Gasteiger partial charge in [-0.1, -0.05) is 6.07 Å². The summed E-state index contributed by atoms with van der Waals surface area (Å²) in [6, 6.07) is 6.99. The summed E-state index contributed by atoms with van der Waals surface area (Å²) in [5.74, 6) is -0.736. The van der Waals surface area contributed by atoms with Crippen LogP contribution in [0.5, 0.6) is 5.75 Å². The van der Waals surface area contributed by atoms with Gasteiger partial charge in [0.15, 0.2) is 9.84 Å². The molecule has 1 saturated carbocycles. The first-order valence-electron chi connectivity index (χ1n) is 11.5. The van der Waals surface area contributed by atoms with Crippen molar-refractivity contribution in [2.45, 2.75) is 49.4 Å². The first-order valence-corrected chi connectivity index (χ1v) is 13.5. The summed E-state index contributed by atoms with van der Waals surface area (Å²) >= 11 is 0. The summed E-state index contributed by atoms with van der Waals surface area (Å²) in [6.07, 6.45) is 3.15. The molecule has 2 aliphatic rings. The van der Waals surface area contributed by atoms with Crippen LogP contribution in [-0.2, 0) is 19.4 Å². The van der Waals surface area contributed by atoms with Crippen molar-refractivity contribution in [2.24, 2.45) is 5.92 Å². The zero-order chi connectivity index (χ0) is 25.3. The standard InChI is InChI=1S/C24H28N4O6S/c1-34-22-8-4-6-18-17(22)11-19(27-18)24(31)28-13-16(35(2,32)33)10-20(28)23(30)26-15(12-25)9-14-5-3-7-21(14)29/h4,6,8,11,14-16,20,27H,3,5,7,9-10,13H2,1-2H3,(H,26,30). The lowest BCUT2D eigenvalue weighted by molar-refractivity contribution is -0.126. The fourth-order valence-electron chi connectivity index (χ4n) is 4.99. The number of H-pyrrole nitrogens is 1. The average Bonchev–Trinajstić information content (AvgIpc) is 3.55. The second kappa shape index (κ2) is 9.70. The number of benzene rings is 1. The first-order chi connectivity index (χ1) is 16.6. The number of ether oxygens (including phenoxy) is 1. The number of aromatic amines is 1. The molecule has 0 radical (unpaired) electrons. The van der Waals surface area contributed by atoms with E-state index in [4.69, 9.17) is 4.74 Å². The number of carbonyl (C=O) groups is 3. The Labute approximate surface area is 203 Å². The van der Waals surface area contributed by atoms with Gasteiger partial charge >= 0.3 is 0 Å². The smallest absolute Gasteiger partial charge is 0.271 e. The number of hydrogen-bond acceptors (Lipinski definition) is 7. The van der Waals surface area contributed by atoms with E-state index in [1.807, 2.05) is 6.07 Å². The zero-order valence-corrected chi connectivity index (χ0v) is 20.4. The minimum atomic E-state index is -3.53. The van der Waals surface area contributed by atoms with Gasteiger partial charge in [-0.25, -0.2) is 8.42 Å². The van der Waals surface area contributed by atoms with Gasteiger partial charge in [0.25, 0.3) is 5.91 Å². The fraction of sp³-hybridized carbons (Fsp3) is 0.500. The maximum absolute atomic E-state index is 13.4. The zero-order valence-electron chi connectivity index (χ0n) is 19.6. The number of nitriles is 1. The lowest BCUT2D eigenvalue weighted by Crippen LogP contribution is -2.49. The van der Waals surface area contributed by atoms with Gasteiger partial charge in [0.1, 0.15) is 29.3 Å². The van der Waals surface area contributed by atoms with Crippen LogP contribution in [0.1, 0.15) is 42.6 Å². The lowest BCUT2D eigenvalue weighted by atomic mass is 9.98. The Bertz CT molecular complexity index is 1310. The highest BCUT2D eigenvalue weighted by Crippen LogP contribution is 2.30. The second-order valence-corrected chi connectivity index (χ2v) is 11.6. The van der Waals surface area contributed by atoms with Gasteiger partial charge in [0, 0.05) is 36.0 Å². The molecule has 2 aromatic rings. The monoisotopic (exact) mass is 500 g/mol. The van der Waals surface area contributed by atoms with Crippen molar-refractivity contribution in [1.82, 2.24) is 15.2 Å². The Balaban J connectivity index is 1.58. The van der Waals surface area contributed by atoms with E-state index in [9.17, 15) is 28.1 Å². The van der Waals surface area contributed by atoms with E-state index >= 15 is 0 Å². The third kappa shape index (κ3) is 5.03. The van der Waals surface area contributed by atoms with Crippen LogP contribution in [0.3, 0.4) is 0 Å².